The lowest BCUT2D eigenvalue weighted by atomic mass is 10.3. The van der Waals surface area contributed by atoms with E-state index in [1.807, 2.05) is 0 Å². The number of fused-ring (bicyclic) bond motifs is 3. The number of nitrogens with zero attached hydrogens (tertiary/aromatic N) is 4. The molecular weight excluding hydrogens is 377 g/mol. The summed E-state index contributed by atoms with van der Waals surface area (Å²) in [6.45, 7) is 0.132. The Bertz CT molecular complexity index is 961. The molecule has 3 aromatic rings. The first-order valence-corrected chi connectivity index (χ1v) is 8.90. The van der Waals surface area contributed by atoms with Crippen molar-refractivity contribution in [2.75, 3.05) is 12.4 Å². The van der Waals surface area contributed by atoms with Gasteiger partial charge in [-0.25, -0.2) is 4.98 Å². The number of aliphatic hydroxyl groups excluding tert-OH is 1. The van der Waals surface area contributed by atoms with Crippen LogP contribution in [0, 0.1) is 11.8 Å². The summed E-state index contributed by atoms with van der Waals surface area (Å²) in [4.78, 5) is 4.44. The van der Waals surface area contributed by atoms with Crippen molar-refractivity contribution >= 4 is 40.0 Å². The maximum Gasteiger partial charge on any atom is 0.452 e. The first-order chi connectivity index (χ1) is 11.9. The summed E-state index contributed by atoms with van der Waals surface area (Å²) in [6.07, 6.45) is -3.72. The SMILES string of the molecule is OC[C@H]1C[C@H]1CSc1nc2ccc(Cl)cc2n2c(C(F)(F)F)nnc12. The summed E-state index contributed by atoms with van der Waals surface area (Å²) < 4.78 is 40.9. The normalized spacial score (nSPS) is 20.5. The standard InChI is InChI=1S/C15H12ClF3N4OS/c16-9-1-2-10-11(4-9)23-12(21-22-14(23)15(17,18)19)13(20-10)25-6-8-3-7(8)5-24/h1-2,4,7-8,24H,3,5-6H2/t7-,8+/m1/s1. The molecular formula is C15H12ClF3N4OS. The van der Waals surface area contributed by atoms with Gasteiger partial charge in [0.1, 0.15) is 5.03 Å². The van der Waals surface area contributed by atoms with Gasteiger partial charge in [0.25, 0.3) is 0 Å². The van der Waals surface area contributed by atoms with Crippen molar-refractivity contribution in [3.05, 3.63) is 29.0 Å². The Labute approximate surface area is 149 Å². The van der Waals surface area contributed by atoms with E-state index >= 15 is 0 Å². The topological polar surface area (TPSA) is 63.3 Å². The van der Waals surface area contributed by atoms with Crippen LogP contribution >= 0.6 is 23.4 Å². The van der Waals surface area contributed by atoms with E-state index in [0.29, 0.717) is 27.2 Å². The molecule has 4 rings (SSSR count). The predicted octanol–water partition coefficient (Wildman–Crippen LogP) is 3.67. The molecule has 0 radical (unpaired) electrons. The van der Waals surface area contributed by atoms with Crippen LogP contribution < -0.4 is 0 Å². The average molecular weight is 389 g/mol. The second kappa shape index (κ2) is 6.00. The fourth-order valence-electron chi connectivity index (χ4n) is 2.79. The monoisotopic (exact) mass is 388 g/mol. The van der Waals surface area contributed by atoms with E-state index in [2.05, 4.69) is 15.2 Å². The third-order valence-corrected chi connectivity index (χ3v) is 5.62. The van der Waals surface area contributed by atoms with Crippen molar-refractivity contribution in [1.29, 1.82) is 0 Å². The number of benzene rings is 1. The van der Waals surface area contributed by atoms with E-state index in [9.17, 15) is 13.2 Å². The van der Waals surface area contributed by atoms with E-state index < -0.39 is 12.0 Å². The quantitative estimate of drug-likeness (QED) is 0.691. The molecule has 1 aromatic carbocycles. The third-order valence-electron chi connectivity index (χ3n) is 4.25. The maximum absolute atomic E-state index is 13.3. The van der Waals surface area contributed by atoms with E-state index in [-0.39, 0.29) is 23.7 Å². The Kier molecular flexibility index (Phi) is 4.04. The van der Waals surface area contributed by atoms with Crippen molar-refractivity contribution in [3.8, 4) is 0 Å². The largest absolute Gasteiger partial charge is 0.452 e. The van der Waals surface area contributed by atoms with Gasteiger partial charge in [-0.05, 0) is 36.5 Å². The molecule has 1 aliphatic carbocycles. The number of aromatic nitrogens is 4. The molecule has 1 aliphatic rings. The first-order valence-electron chi connectivity index (χ1n) is 7.53. The number of aliphatic hydroxyl groups is 1. The van der Waals surface area contributed by atoms with Crippen LogP contribution in [0.5, 0.6) is 0 Å². The summed E-state index contributed by atoms with van der Waals surface area (Å²) >= 11 is 7.28. The molecule has 0 bridgehead atoms. The number of rotatable bonds is 4. The molecule has 2 atom stereocenters. The molecule has 2 heterocycles. The molecule has 0 saturated heterocycles. The Morgan fingerprint density at radius 1 is 1.28 bits per heavy atom. The summed E-state index contributed by atoms with van der Waals surface area (Å²) in [5, 5.41) is 16.9. The van der Waals surface area contributed by atoms with Crippen molar-refractivity contribution in [3.63, 3.8) is 0 Å². The average Bonchev–Trinajstić information content (AvgIpc) is 3.16. The lowest BCUT2D eigenvalue weighted by Crippen LogP contribution is -2.12. The highest BCUT2D eigenvalue weighted by Crippen LogP contribution is 2.42. The summed E-state index contributed by atoms with van der Waals surface area (Å²) in [5.41, 5.74) is 0.663. The minimum absolute atomic E-state index is 0.0632. The highest BCUT2D eigenvalue weighted by Gasteiger charge is 2.39. The van der Waals surface area contributed by atoms with Gasteiger partial charge in [0.05, 0.1) is 11.0 Å². The molecule has 10 heteroatoms. The second-order valence-electron chi connectivity index (χ2n) is 5.98. The molecule has 25 heavy (non-hydrogen) atoms. The highest BCUT2D eigenvalue weighted by atomic mass is 35.5. The van der Waals surface area contributed by atoms with Crippen LogP contribution in [0.25, 0.3) is 16.7 Å². The minimum atomic E-state index is -4.64. The Morgan fingerprint density at radius 2 is 2.08 bits per heavy atom. The lowest BCUT2D eigenvalue weighted by Gasteiger charge is -2.10. The van der Waals surface area contributed by atoms with E-state index in [1.165, 1.54) is 17.8 Å². The summed E-state index contributed by atoms with van der Waals surface area (Å²) in [7, 11) is 0. The minimum Gasteiger partial charge on any atom is -0.396 e. The van der Waals surface area contributed by atoms with Gasteiger partial charge in [0.2, 0.25) is 5.82 Å². The van der Waals surface area contributed by atoms with Gasteiger partial charge < -0.3 is 5.11 Å². The number of thioether (sulfide) groups is 1. The fraction of sp³-hybridized carbons (Fsp3) is 0.400. The van der Waals surface area contributed by atoms with Crippen LogP contribution in [0.15, 0.2) is 23.2 Å². The third kappa shape index (κ3) is 3.04. The summed E-state index contributed by atoms with van der Waals surface area (Å²) in [6, 6.07) is 4.58. The molecule has 132 valence electrons. The molecule has 2 aromatic heterocycles. The first kappa shape index (κ1) is 16.9. The number of alkyl halides is 3. The molecule has 0 aliphatic heterocycles. The lowest BCUT2D eigenvalue weighted by molar-refractivity contribution is -0.145. The maximum atomic E-state index is 13.3. The van der Waals surface area contributed by atoms with Crippen LogP contribution in [0.3, 0.4) is 0 Å². The molecule has 0 amide bonds. The zero-order chi connectivity index (χ0) is 17.8. The second-order valence-corrected chi connectivity index (χ2v) is 7.42. The van der Waals surface area contributed by atoms with E-state index in [0.717, 1.165) is 10.8 Å². The van der Waals surface area contributed by atoms with E-state index in [4.69, 9.17) is 16.7 Å². The van der Waals surface area contributed by atoms with Gasteiger partial charge in [-0.2, -0.15) is 13.2 Å². The predicted molar refractivity (Wildman–Crippen MR) is 87.7 cm³/mol. The van der Waals surface area contributed by atoms with Crippen molar-refractivity contribution in [1.82, 2.24) is 19.6 Å². The van der Waals surface area contributed by atoms with Crippen LogP contribution in [0.4, 0.5) is 13.2 Å². The van der Waals surface area contributed by atoms with Gasteiger partial charge in [-0.3, -0.25) is 4.40 Å². The van der Waals surface area contributed by atoms with Gasteiger partial charge in [-0.1, -0.05) is 11.6 Å². The molecule has 1 N–H and O–H groups in total. The zero-order valence-corrected chi connectivity index (χ0v) is 14.2. The van der Waals surface area contributed by atoms with Crippen LogP contribution in [-0.4, -0.2) is 37.0 Å². The summed E-state index contributed by atoms with van der Waals surface area (Å²) in [5.74, 6) is 0.189. The van der Waals surface area contributed by atoms with Crippen LogP contribution in [-0.2, 0) is 6.18 Å². The van der Waals surface area contributed by atoms with Gasteiger partial charge in [0.15, 0.2) is 5.65 Å². The Morgan fingerprint density at radius 3 is 2.76 bits per heavy atom. The van der Waals surface area contributed by atoms with Gasteiger partial charge in [-0.15, -0.1) is 22.0 Å². The Balaban J connectivity index is 1.85. The van der Waals surface area contributed by atoms with Crippen LogP contribution in [0.1, 0.15) is 12.2 Å². The Hall–Kier alpha value is -1.58. The van der Waals surface area contributed by atoms with Crippen molar-refractivity contribution in [2.45, 2.75) is 17.6 Å². The molecule has 5 nitrogen and oxygen atoms in total. The molecule has 1 fully saturated rings. The van der Waals surface area contributed by atoms with Crippen molar-refractivity contribution in [2.24, 2.45) is 11.8 Å². The highest BCUT2D eigenvalue weighted by molar-refractivity contribution is 7.99. The van der Waals surface area contributed by atoms with Gasteiger partial charge in [0, 0.05) is 17.4 Å². The molecule has 1 saturated carbocycles. The molecule has 0 spiro atoms. The zero-order valence-electron chi connectivity index (χ0n) is 12.7. The van der Waals surface area contributed by atoms with E-state index in [1.54, 1.807) is 12.1 Å². The smallest absolute Gasteiger partial charge is 0.396 e. The number of halogens is 4. The molecule has 0 unspecified atom stereocenters. The fourth-order valence-corrected chi connectivity index (χ4v) is 4.16. The number of hydrogen-bond donors (Lipinski definition) is 1. The number of hydrogen-bond acceptors (Lipinski definition) is 5. The van der Waals surface area contributed by atoms with Crippen molar-refractivity contribution < 1.29 is 18.3 Å². The van der Waals surface area contributed by atoms with Crippen LogP contribution in [0.2, 0.25) is 5.02 Å². The van der Waals surface area contributed by atoms with Gasteiger partial charge >= 0.3 is 6.18 Å².